The van der Waals surface area contributed by atoms with Crippen molar-refractivity contribution in [1.82, 2.24) is 4.98 Å². The first-order chi connectivity index (χ1) is 8.00. The first-order valence-electron chi connectivity index (χ1n) is 4.96. The number of nitrogens with two attached hydrogens (primary N) is 1. The molecule has 1 heterocycles. The number of hydrogen-bond acceptors (Lipinski definition) is 5. The molecular formula is C11H12N2O2S2. The average molecular weight is 268 g/mol. The van der Waals surface area contributed by atoms with Gasteiger partial charge in [0.15, 0.2) is 9.84 Å². The highest BCUT2D eigenvalue weighted by Gasteiger charge is 2.19. The van der Waals surface area contributed by atoms with Crippen molar-refractivity contribution in [2.24, 2.45) is 0 Å². The zero-order chi connectivity index (χ0) is 12.5. The van der Waals surface area contributed by atoms with Crippen LogP contribution >= 0.6 is 11.3 Å². The summed E-state index contributed by atoms with van der Waals surface area (Å²) in [6.07, 6.45) is 1.57. The Balaban J connectivity index is 2.42. The van der Waals surface area contributed by atoms with Gasteiger partial charge >= 0.3 is 0 Å². The lowest BCUT2D eigenvalue weighted by atomic mass is 10.2. The predicted octanol–water partition coefficient (Wildman–Crippen LogP) is 2.01. The van der Waals surface area contributed by atoms with Crippen molar-refractivity contribution in [3.05, 3.63) is 40.3 Å². The van der Waals surface area contributed by atoms with E-state index in [4.69, 9.17) is 5.73 Å². The Morgan fingerprint density at radius 1 is 1.41 bits per heavy atom. The molecule has 0 atom stereocenters. The summed E-state index contributed by atoms with van der Waals surface area (Å²) in [5.74, 6) is -0.0258. The lowest BCUT2D eigenvalue weighted by Gasteiger charge is -2.08. The van der Waals surface area contributed by atoms with Crippen LogP contribution < -0.4 is 5.73 Å². The van der Waals surface area contributed by atoms with E-state index < -0.39 is 9.84 Å². The standard InChI is InChI=1S/C11H12N2O2S2/c1-8-10(12)3-2-4-11(8)17(14,15)6-9-5-13-7-16-9/h2-5,7H,6,12H2,1H3. The van der Waals surface area contributed by atoms with Crippen LogP contribution in [0, 0.1) is 6.92 Å². The Labute approximate surface area is 104 Å². The molecule has 1 aromatic carbocycles. The number of anilines is 1. The highest BCUT2D eigenvalue weighted by Crippen LogP contribution is 2.24. The number of sulfone groups is 1. The van der Waals surface area contributed by atoms with E-state index >= 15 is 0 Å². The summed E-state index contributed by atoms with van der Waals surface area (Å²) in [5, 5.41) is 0. The van der Waals surface area contributed by atoms with Gasteiger partial charge in [-0.05, 0) is 24.6 Å². The van der Waals surface area contributed by atoms with Gasteiger partial charge < -0.3 is 5.73 Å². The predicted molar refractivity (Wildman–Crippen MR) is 68.6 cm³/mol. The molecule has 2 N–H and O–H groups in total. The fraction of sp³-hybridized carbons (Fsp3) is 0.182. The molecule has 4 nitrogen and oxygen atoms in total. The molecule has 2 rings (SSSR count). The number of rotatable bonds is 3. The molecule has 0 aliphatic rings. The number of benzene rings is 1. The highest BCUT2D eigenvalue weighted by atomic mass is 32.2. The van der Waals surface area contributed by atoms with Crippen LogP contribution in [0.3, 0.4) is 0 Å². The molecule has 0 aliphatic heterocycles. The molecule has 17 heavy (non-hydrogen) atoms. The summed E-state index contributed by atoms with van der Waals surface area (Å²) in [5.41, 5.74) is 8.44. The Bertz CT molecular complexity index is 619. The van der Waals surface area contributed by atoms with Gasteiger partial charge in [-0.2, -0.15) is 0 Å². The number of aromatic nitrogens is 1. The largest absolute Gasteiger partial charge is 0.398 e. The number of nitrogens with zero attached hydrogens (tertiary/aromatic N) is 1. The van der Waals surface area contributed by atoms with E-state index in [1.807, 2.05) is 0 Å². The maximum absolute atomic E-state index is 12.2. The van der Waals surface area contributed by atoms with Gasteiger partial charge in [0.1, 0.15) is 0 Å². The van der Waals surface area contributed by atoms with E-state index in [0.717, 1.165) is 4.88 Å². The minimum Gasteiger partial charge on any atom is -0.398 e. The Morgan fingerprint density at radius 2 is 2.18 bits per heavy atom. The second-order valence-electron chi connectivity index (χ2n) is 3.70. The number of nitrogen functional groups attached to an aromatic ring is 1. The molecule has 0 spiro atoms. The molecule has 0 amide bonds. The van der Waals surface area contributed by atoms with Crippen LogP contribution in [0.1, 0.15) is 10.4 Å². The minimum absolute atomic E-state index is 0.0258. The first kappa shape index (κ1) is 12.1. The Hall–Kier alpha value is -1.40. The smallest absolute Gasteiger partial charge is 0.183 e. The fourth-order valence-corrected chi connectivity index (χ4v) is 4.14. The Kier molecular flexibility index (Phi) is 3.17. The van der Waals surface area contributed by atoms with Gasteiger partial charge in [0.05, 0.1) is 16.2 Å². The molecule has 6 heteroatoms. The quantitative estimate of drug-likeness (QED) is 0.864. The molecule has 1 aromatic heterocycles. The van der Waals surface area contributed by atoms with E-state index in [9.17, 15) is 8.42 Å². The van der Waals surface area contributed by atoms with Gasteiger partial charge in [-0.3, -0.25) is 4.98 Å². The van der Waals surface area contributed by atoms with Crippen molar-refractivity contribution in [2.45, 2.75) is 17.6 Å². The molecule has 0 bridgehead atoms. The average Bonchev–Trinajstić information content (AvgIpc) is 2.73. The maximum Gasteiger partial charge on any atom is 0.183 e. The first-order valence-corrected chi connectivity index (χ1v) is 7.49. The monoisotopic (exact) mass is 268 g/mol. The van der Waals surface area contributed by atoms with Gasteiger partial charge in [-0.15, -0.1) is 11.3 Å². The topological polar surface area (TPSA) is 73.1 Å². The normalized spacial score (nSPS) is 11.6. The molecule has 0 unspecified atom stereocenters. The lowest BCUT2D eigenvalue weighted by molar-refractivity contribution is 0.595. The third kappa shape index (κ3) is 2.48. The summed E-state index contributed by atoms with van der Waals surface area (Å²) in [7, 11) is -3.35. The lowest BCUT2D eigenvalue weighted by Crippen LogP contribution is -2.07. The van der Waals surface area contributed by atoms with E-state index in [2.05, 4.69) is 4.98 Å². The summed E-state index contributed by atoms with van der Waals surface area (Å²) >= 11 is 1.33. The zero-order valence-corrected chi connectivity index (χ0v) is 10.9. The third-order valence-corrected chi connectivity index (χ3v) is 5.24. The summed E-state index contributed by atoms with van der Waals surface area (Å²) in [6.45, 7) is 1.72. The maximum atomic E-state index is 12.2. The fourth-order valence-electron chi connectivity index (χ4n) is 1.55. The van der Waals surface area contributed by atoms with E-state index in [0.29, 0.717) is 16.1 Å². The zero-order valence-electron chi connectivity index (χ0n) is 9.25. The van der Waals surface area contributed by atoms with Crippen LogP contribution in [-0.2, 0) is 15.6 Å². The molecule has 0 saturated heterocycles. The molecule has 0 aliphatic carbocycles. The second-order valence-corrected chi connectivity index (χ2v) is 6.63. The van der Waals surface area contributed by atoms with Crippen molar-refractivity contribution < 1.29 is 8.42 Å². The van der Waals surface area contributed by atoms with E-state index in [-0.39, 0.29) is 5.75 Å². The molecule has 0 radical (unpaired) electrons. The van der Waals surface area contributed by atoms with Crippen molar-refractivity contribution in [2.75, 3.05) is 5.73 Å². The summed E-state index contributed by atoms with van der Waals surface area (Å²) < 4.78 is 24.4. The molecule has 0 fully saturated rings. The number of thiazole rings is 1. The van der Waals surface area contributed by atoms with Crippen molar-refractivity contribution >= 4 is 26.9 Å². The van der Waals surface area contributed by atoms with Crippen molar-refractivity contribution in [3.63, 3.8) is 0 Å². The number of hydrogen-bond donors (Lipinski definition) is 1. The molecular weight excluding hydrogens is 256 g/mol. The van der Waals surface area contributed by atoms with Gasteiger partial charge in [-0.25, -0.2) is 8.42 Å². The van der Waals surface area contributed by atoms with E-state index in [1.54, 1.807) is 36.8 Å². The van der Waals surface area contributed by atoms with Crippen LogP contribution in [-0.4, -0.2) is 13.4 Å². The van der Waals surface area contributed by atoms with Gasteiger partial charge in [0.2, 0.25) is 0 Å². The van der Waals surface area contributed by atoms with Crippen LogP contribution in [0.25, 0.3) is 0 Å². The van der Waals surface area contributed by atoms with Crippen molar-refractivity contribution in [3.8, 4) is 0 Å². The van der Waals surface area contributed by atoms with Gasteiger partial charge in [-0.1, -0.05) is 6.07 Å². The summed E-state index contributed by atoms with van der Waals surface area (Å²) in [6, 6.07) is 4.94. The third-order valence-electron chi connectivity index (χ3n) is 2.48. The van der Waals surface area contributed by atoms with Crippen LogP contribution in [0.5, 0.6) is 0 Å². The highest BCUT2D eigenvalue weighted by molar-refractivity contribution is 7.90. The van der Waals surface area contributed by atoms with Gasteiger partial charge in [0, 0.05) is 16.8 Å². The SMILES string of the molecule is Cc1c(N)cccc1S(=O)(=O)Cc1cncs1. The van der Waals surface area contributed by atoms with Crippen LogP contribution in [0.2, 0.25) is 0 Å². The second kappa shape index (κ2) is 4.46. The van der Waals surface area contributed by atoms with Crippen LogP contribution in [0.4, 0.5) is 5.69 Å². The molecule has 0 saturated carbocycles. The van der Waals surface area contributed by atoms with Crippen LogP contribution in [0.15, 0.2) is 34.8 Å². The summed E-state index contributed by atoms with van der Waals surface area (Å²) in [4.78, 5) is 4.90. The van der Waals surface area contributed by atoms with E-state index in [1.165, 1.54) is 11.3 Å². The molecule has 2 aromatic rings. The minimum atomic E-state index is -3.35. The molecule has 90 valence electrons. The Morgan fingerprint density at radius 3 is 2.82 bits per heavy atom. The van der Waals surface area contributed by atoms with Gasteiger partial charge in [0.25, 0.3) is 0 Å². The van der Waals surface area contributed by atoms with Crippen molar-refractivity contribution in [1.29, 1.82) is 0 Å².